The Morgan fingerprint density at radius 2 is 2.23 bits per heavy atom. The predicted octanol–water partition coefficient (Wildman–Crippen LogP) is 3.08. The topological polar surface area (TPSA) is 17.1 Å². The molecule has 0 N–H and O–H groups in total. The first-order valence-corrected chi connectivity index (χ1v) is 5.68. The van der Waals surface area contributed by atoms with E-state index < -0.39 is 0 Å². The molecule has 0 aliphatic heterocycles. The minimum Gasteiger partial charge on any atom is -0.290 e. The third-order valence-electron chi connectivity index (χ3n) is 1.95. The molecule has 1 unspecified atom stereocenters. The van der Waals surface area contributed by atoms with Gasteiger partial charge in [-0.25, -0.2) is 0 Å². The molecule has 1 aliphatic carbocycles. The lowest BCUT2D eigenvalue weighted by Gasteiger charge is -2.22. The number of hydrogen-bond acceptors (Lipinski definition) is 1. The second-order valence-electron chi connectivity index (χ2n) is 3.74. The molecule has 3 heteroatoms. The summed E-state index contributed by atoms with van der Waals surface area (Å²) in [5.74, 6) is 0.0266. The van der Waals surface area contributed by atoms with Crippen LogP contribution in [0.4, 0.5) is 0 Å². The fourth-order valence-electron chi connectivity index (χ4n) is 1.23. The van der Waals surface area contributed by atoms with Crippen molar-refractivity contribution in [3.05, 3.63) is 23.8 Å². The Hall–Kier alpha value is -0.0800. The van der Waals surface area contributed by atoms with E-state index in [-0.39, 0.29) is 16.6 Å². The molecular weight excluding hydrogens is 251 g/mol. The Morgan fingerprint density at radius 1 is 1.62 bits per heavy atom. The van der Waals surface area contributed by atoms with Gasteiger partial charge in [0, 0.05) is 16.3 Å². The number of rotatable bonds is 2. The van der Waals surface area contributed by atoms with Crippen LogP contribution in [0.25, 0.3) is 0 Å². The summed E-state index contributed by atoms with van der Waals surface area (Å²) in [4.78, 5) is 11.4. The lowest BCUT2D eigenvalue weighted by Crippen LogP contribution is -2.20. The van der Waals surface area contributed by atoms with Gasteiger partial charge in [-0.15, -0.1) is 11.6 Å². The van der Waals surface area contributed by atoms with Crippen LogP contribution >= 0.6 is 27.5 Å². The first-order valence-electron chi connectivity index (χ1n) is 4.12. The first-order chi connectivity index (χ1) is 5.96. The quantitative estimate of drug-likeness (QED) is 0.700. The second-order valence-corrected chi connectivity index (χ2v) is 4.91. The van der Waals surface area contributed by atoms with Crippen molar-refractivity contribution in [2.24, 2.45) is 5.41 Å². The second kappa shape index (κ2) is 3.97. The van der Waals surface area contributed by atoms with Gasteiger partial charge < -0.3 is 0 Å². The molecule has 0 aromatic rings. The number of alkyl halides is 2. The van der Waals surface area contributed by atoms with Crippen LogP contribution in [0, 0.1) is 5.41 Å². The van der Waals surface area contributed by atoms with E-state index in [4.69, 9.17) is 11.6 Å². The Labute approximate surface area is 92.0 Å². The van der Waals surface area contributed by atoms with Crippen molar-refractivity contribution in [1.82, 2.24) is 0 Å². The van der Waals surface area contributed by atoms with Crippen LogP contribution < -0.4 is 0 Å². The van der Waals surface area contributed by atoms with Crippen molar-refractivity contribution >= 4 is 33.3 Å². The summed E-state index contributed by atoms with van der Waals surface area (Å²) in [6, 6.07) is 0. The maximum atomic E-state index is 11.4. The molecule has 72 valence electrons. The predicted molar refractivity (Wildman–Crippen MR) is 59.4 cm³/mol. The van der Waals surface area contributed by atoms with E-state index in [1.807, 2.05) is 26.0 Å². The van der Waals surface area contributed by atoms with Crippen molar-refractivity contribution < 1.29 is 4.79 Å². The maximum Gasteiger partial charge on any atom is 0.182 e. The molecule has 1 aliphatic rings. The average Bonchev–Trinajstić information content (AvgIpc) is 2.08. The van der Waals surface area contributed by atoms with Gasteiger partial charge in [0.1, 0.15) is 0 Å². The molecule has 0 radical (unpaired) electrons. The van der Waals surface area contributed by atoms with Gasteiger partial charge >= 0.3 is 0 Å². The van der Waals surface area contributed by atoms with Gasteiger partial charge in [0.05, 0.1) is 5.38 Å². The van der Waals surface area contributed by atoms with Crippen molar-refractivity contribution in [2.75, 3.05) is 5.33 Å². The molecule has 0 heterocycles. The fraction of sp³-hybridized carbons (Fsp3) is 0.500. The van der Waals surface area contributed by atoms with E-state index in [1.165, 1.54) is 0 Å². The van der Waals surface area contributed by atoms with Gasteiger partial charge in [-0.05, 0) is 6.08 Å². The zero-order valence-electron chi connectivity index (χ0n) is 7.68. The van der Waals surface area contributed by atoms with E-state index in [0.717, 1.165) is 0 Å². The molecule has 0 saturated carbocycles. The molecule has 0 saturated heterocycles. The van der Waals surface area contributed by atoms with Crippen LogP contribution in [-0.4, -0.2) is 16.5 Å². The SMILES string of the molecule is CC1(C)C=CC(=O)C(C(Cl)CBr)=C1. The average molecular weight is 264 g/mol. The summed E-state index contributed by atoms with van der Waals surface area (Å²) in [6.07, 6.45) is 5.44. The Morgan fingerprint density at radius 3 is 2.77 bits per heavy atom. The highest BCUT2D eigenvalue weighted by Gasteiger charge is 2.24. The number of allylic oxidation sites excluding steroid dienone is 4. The third kappa shape index (κ3) is 2.68. The van der Waals surface area contributed by atoms with Crippen LogP contribution in [0.5, 0.6) is 0 Å². The lowest BCUT2D eigenvalue weighted by atomic mass is 9.84. The molecule has 0 bridgehead atoms. The number of ketones is 1. The number of carbonyl (C=O) groups excluding carboxylic acids is 1. The van der Waals surface area contributed by atoms with Crippen LogP contribution in [-0.2, 0) is 4.79 Å². The van der Waals surface area contributed by atoms with E-state index in [1.54, 1.807) is 6.08 Å². The van der Waals surface area contributed by atoms with E-state index in [2.05, 4.69) is 15.9 Å². The summed E-state index contributed by atoms with van der Waals surface area (Å²) < 4.78 is 0. The minimum atomic E-state index is -0.225. The molecule has 0 aromatic heterocycles. The summed E-state index contributed by atoms with van der Waals surface area (Å²) in [7, 11) is 0. The van der Waals surface area contributed by atoms with Crippen molar-refractivity contribution in [3.63, 3.8) is 0 Å². The molecule has 0 amide bonds. The Balaban J connectivity index is 2.95. The molecule has 1 nitrogen and oxygen atoms in total. The Bertz CT molecular complexity index is 279. The highest BCUT2D eigenvalue weighted by Crippen LogP contribution is 2.29. The normalized spacial score (nSPS) is 22.8. The summed E-state index contributed by atoms with van der Waals surface area (Å²) >= 11 is 9.26. The Kier molecular flexibility index (Phi) is 3.36. The molecule has 0 spiro atoms. The molecule has 0 aromatic carbocycles. The molecule has 1 rings (SSSR count). The van der Waals surface area contributed by atoms with Gasteiger partial charge in [-0.2, -0.15) is 0 Å². The van der Waals surface area contributed by atoms with E-state index in [0.29, 0.717) is 10.9 Å². The largest absolute Gasteiger partial charge is 0.290 e. The fourth-order valence-corrected chi connectivity index (χ4v) is 1.75. The first kappa shape index (κ1) is 11.0. The van der Waals surface area contributed by atoms with Crippen molar-refractivity contribution in [2.45, 2.75) is 19.2 Å². The number of halogens is 2. The van der Waals surface area contributed by atoms with Gasteiger partial charge in [0.2, 0.25) is 0 Å². The number of carbonyl (C=O) groups is 1. The van der Waals surface area contributed by atoms with Gasteiger partial charge in [0.15, 0.2) is 5.78 Å². The lowest BCUT2D eigenvalue weighted by molar-refractivity contribution is -0.111. The molecular formula is C10H12BrClO. The van der Waals surface area contributed by atoms with Gasteiger partial charge in [-0.1, -0.05) is 41.9 Å². The highest BCUT2D eigenvalue weighted by molar-refractivity contribution is 9.09. The highest BCUT2D eigenvalue weighted by atomic mass is 79.9. The van der Waals surface area contributed by atoms with E-state index >= 15 is 0 Å². The smallest absolute Gasteiger partial charge is 0.182 e. The molecule has 1 atom stereocenters. The molecule has 0 fully saturated rings. The van der Waals surface area contributed by atoms with Gasteiger partial charge in [-0.3, -0.25) is 4.79 Å². The minimum absolute atomic E-state index is 0.0266. The monoisotopic (exact) mass is 262 g/mol. The standard InChI is InChI=1S/C10H12BrClO/c1-10(2)4-3-9(13)7(5-10)8(12)6-11/h3-5,8H,6H2,1-2H3. The maximum absolute atomic E-state index is 11.4. The van der Waals surface area contributed by atoms with E-state index in [9.17, 15) is 4.79 Å². The van der Waals surface area contributed by atoms with Crippen LogP contribution in [0.1, 0.15) is 13.8 Å². The van der Waals surface area contributed by atoms with Crippen LogP contribution in [0.15, 0.2) is 23.8 Å². The van der Waals surface area contributed by atoms with Crippen molar-refractivity contribution in [1.29, 1.82) is 0 Å². The summed E-state index contributed by atoms with van der Waals surface area (Å²) in [6.45, 7) is 4.10. The zero-order chi connectivity index (χ0) is 10.1. The van der Waals surface area contributed by atoms with Crippen LogP contribution in [0.2, 0.25) is 0 Å². The zero-order valence-corrected chi connectivity index (χ0v) is 10.0. The third-order valence-corrected chi connectivity index (χ3v) is 3.36. The van der Waals surface area contributed by atoms with Crippen molar-refractivity contribution in [3.8, 4) is 0 Å². The number of hydrogen-bond donors (Lipinski definition) is 0. The van der Waals surface area contributed by atoms with Gasteiger partial charge in [0.25, 0.3) is 0 Å². The summed E-state index contributed by atoms with van der Waals surface area (Å²) in [5, 5.41) is 0.382. The summed E-state index contributed by atoms with van der Waals surface area (Å²) in [5.41, 5.74) is 0.643. The van der Waals surface area contributed by atoms with Crippen LogP contribution in [0.3, 0.4) is 0 Å². The molecule has 13 heavy (non-hydrogen) atoms.